The molecule has 0 bridgehead atoms. The average molecular weight is 363 g/mol. The van der Waals surface area contributed by atoms with Crippen LogP contribution in [0.3, 0.4) is 0 Å². The summed E-state index contributed by atoms with van der Waals surface area (Å²) in [6.45, 7) is 4.17. The quantitative estimate of drug-likeness (QED) is 0.753. The maximum absolute atomic E-state index is 11.8. The van der Waals surface area contributed by atoms with Gasteiger partial charge in [0.25, 0.3) is 0 Å². The normalized spacial score (nSPS) is 11.6. The van der Waals surface area contributed by atoms with Crippen molar-refractivity contribution in [1.29, 1.82) is 0 Å². The molecule has 0 heterocycles. The summed E-state index contributed by atoms with van der Waals surface area (Å²) in [6.07, 6.45) is 0.846. The van der Waals surface area contributed by atoms with Crippen LogP contribution in [0.1, 0.15) is 20.3 Å². The van der Waals surface area contributed by atoms with Crippen molar-refractivity contribution in [3.8, 4) is 0 Å². The first-order chi connectivity index (χ1) is 9.43. The molecule has 0 aliphatic carbocycles. The number of anilines is 1. The van der Waals surface area contributed by atoms with Gasteiger partial charge in [0.1, 0.15) is 6.04 Å². The van der Waals surface area contributed by atoms with Crippen LogP contribution in [0.15, 0.2) is 22.7 Å². The van der Waals surface area contributed by atoms with Crippen LogP contribution in [0.2, 0.25) is 5.02 Å². The highest BCUT2D eigenvalue weighted by molar-refractivity contribution is 9.10. The first-order valence-electron chi connectivity index (χ1n) is 6.24. The Morgan fingerprint density at radius 1 is 1.40 bits per heavy atom. The van der Waals surface area contributed by atoms with Gasteiger partial charge in [-0.05, 0) is 31.5 Å². The van der Waals surface area contributed by atoms with E-state index in [1.165, 1.54) is 0 Å². The number of benzene rings is 1. The molecule has 5 nitrogen and oxygen atoms in total. The molecule has 3 N–H and O–H groups in total. The molecule has 0 saturated heterocycles. The highest BCUT2D eigenvalue weighted by Crippen LogP contribution is 2.25. The van der Waals surface area contributed by atoms with Crippen molar-refractivity contribution in [3.63, 3.8) is 0 Å². The molecule has 1 aromatic rings. The van der Waals surface area contributed by atoms with Crippen molar-refractivity contribution in [2.24, 2.45) is 0 Å². The number of hydrogen-bond donors (Lipinski definition) is 3. The Morgan fingerprint density at radius 3 is 2.70 bits per heavy atom. The van der Waals surface area contributed by atoms with E-state index in [4.69, 9.17) is 11.6 Å². The summed E-state index contributed by atoms with van der Waals surface area (Å²) >= 11 is 9.27. The summed E-state index contributed by atoms with van der Waals surface area (Å²) in [7, 11) is 0. The lowest BCUT2D eigenvalue weighted by Gasteiger charge is -2.15. The summed E-state index contributed by atoms with van der Waals surface area (Å²) in [5.74, 6) is -0.219. The van der Waals surface area contributed by atoms with Gasteiger partial charge >= 0.3 is 6.03 Å². The van der Waals surface area contributed by atoms with E-state index in [1.54, 1.807) is 25.1 Å². The fraction of sp³-hybridized carbons (Fsp3) is 0.385. The minimum Gasteiger partial charge on any atom is -0.354 e. The zero-order chi connectivity index (χ0) is 15.1. The molecule has 0 saturated carbocycles. The van der Waals surface area contributed by atoms with Crippen LogP contribution in [-0.4, -0.2) is 24.5 Å². The zero-order valence-electron chi connectivity index (χ0n) is 11.3. The molecule has 0 fully saturated rings. The third-order valence-corrected chi connectivity index (χ3v) is 3.28. The highest BCUT2D eigenvalue weighted by Gasteiger charge is 2.15. The number of carbonyl (C=O) groups is 2. The lowest BCUT2D eigenvalue weighted by Crippen LogP contribution is -2.46. The fourth-order valence-corrected chi connectivity index (χ4v) is 2.13. The smallest absolute Gasteiger partial charge is 0.319 e. The van der Waals surface area contributed by atoms with Gasteiger partial charge in [-0.15, -0.1) is 0 Å². The van der Waals surface area contributed by atoms with Crippen LogP contribution < -0.4 is 16.0 Å². The summed E-state index contributed by atoms with van der Waals surface area (Å²) in [4.78, 5) is 23.4. The minimum atomic E-state index is -0.615. The van der Waals surface area contributed by atoms with E-state index in [1.807, 2.05) is 6.92 Å². The number of halogens is 2. The molecule has 0 aliphatic rings. The molecular formula is C13H17BrClN3O2. The highest BCUT2D eigenvalue weighted by atomic mass is 79.9. The summed E-state index contributed by atoms with van der Waals surface area (Å²) in [5, 5.41) is 8.26. The second-order valence-electron chi connectivity index (χ2n) is 4.24. The predicted octanol–water partition coefficient (Wildman–Crippen LogP) is 3.14. The molecular weight excluding hydrogens is 346 g/mol. The second-order valence-corrected chi connectivity index (χ2v) is 5.56. The van der Waals surface area contributed by atoms with Crippen molar-refractivity contribution in [1.82, 2.24) is 10.6 Å². The van der Waals surface area contributed by atoms with Gasteiger partial charge in [-0.2, -0.15) is 0 Å². The van der Waals surface area contributed by atoms with Crippen LogP contribution >= 0.6 is 27.5 Å². The van der Waals surface area contributed by atoms with Crippen LogP contribution in [0.25, 0.3) is 0 Å². The van der Waals surface area contributed by atoms with E-state index in [0.29, 0.717) is 17.3 Å². The maximum Gasteiger partial charge on any atom is 0.319 e. The maximum atomic E-state index is 11.8. The molecule has 20 heavy (non-hydrogen) atoms. The minimum absolute atomic E-state index is 0.219. The van der Waals surface area contributed by atoms with Crippen LogP contribution in [0.5, 0.6) is 0 Å². The molecule has 0 aromatic heterocycles. The monoisotopic (exact) mass is 361 g/mol. The summed E-state index contributed by atoms with van der Waals surface area (Å²) < 4.78 is 0.820. The van der Waals surface area contributed by atoms with E-state index in [2.05, 4.69) is 31.9 Å². The lowest BCUT2D eigenvalue weighted by atomic mass is 10.3. The largest absolute Gasteiger partial charge is 0.354 e. The van der Waals surface area contributed by atoms with E-state index in [9.17, 15) is 9.59 Å². The SMILES string of the molecule is CCCNC(=O)[C@@H](C)NC(=O)Nc1ccc(Br)cc1Cl. The number of rotatable bonds is 5. The van der Waals surface area contributed by atoms with Gasteiger partial charge in [0.05, 0.1) is 10.7 Å². The molecule has 0 spiro atoms. The van der Waals surface area contributed by atoms with Gasteiger partial charge in [0.2, 0.25) is 5.91 Å². The number of amides is 3. The molecule has 7 heteroatoms. The van der Waals surface area contributed by atoms with Crippen LogP contribution in [0, 0.1) is 0 Å². The van der Waals surface area contributed by atoms with E-state index < -0.39 is 12.1 Å². The molecule has 0 aliphatic heterocycles. The second kappa shape index (κ2) is 8.11. The van der Waals surface area contributed by atoms with Gasteiger partial charge in [-0.1, -0.05) is 34.5 Å². The average Bonchev–Trinajstić information content (AvgIpc) is 2.39. The first kappa shape index (κ1) is 16.8. The van der Waals surface area contributed by atoms with Gasteiger partial charge in [0, 0.05) is 11.0 Å². The molecule has 1 rings (SSSR count). The van der Waals surface area contributed by atoms with E-state index >= 15 is 0 Å². The zero-order valence-corrected chi connectivity index (χ0v) is 13.6. The molecule has 3 amide bonds. The Bertz CT molecular complexity index is 497. The molecule has 110 valence electrons. The number of hydrogen-bond acceptors (Lipinski definition) is 2. The van der Waals surface area contributed by atoms with Gasteiger partial charge in [-0.25, -0.2) is 4.79 Å². The molecule has 1 aromatic carbocycles. The third kappa shape index (κ3) is 5.38. The van der Waals surface area contributed by atoms with Gasteiger partial charge in [-0.3, -0.25) is 4.79 Å². The van der Waals surface area contributed by atoms with Crippen molar-refractivity contribution in [2.45, 2.75) is 26.3 Å². The topological polar surface area (TPSA) is 70.2 Å². The Labute approximate surface area is 131 Å². The predicted molar refractivity (Wildman–Crippen MR) is 84.1 cm³/mol. The standard InChI is InChI=1S/C13H17BrClN3O2/c1-3-6-16-12(19)8(2)17-13(20)18-11-5-4-9(14)7-10(11)15/h4-5,7-8H,3,6H2,1-2H3,(H,16,19)(H2,17,18,20)/t8-/m1/s1. The Balaban J connectivity index is 2.52. The van der Waals surface area contributed by atoms with Crippen molar-refractivity contribution in [2.75, 3.05) is 11.9 Å². The van der Waals surface area contributed by atoms with Crippen LogP contribution in [-0.2, 0) is 4.79 Å². The molecule has 1 atom stereocenters. The van der Waals surface area contributed by atoms with E-state index in [-0.39, 0.29) is 5.91 Å². The van der Waals surface area contributed by atoms with Crippen LogP contribution in [0.4, 0.5) is 10.5 Å². The van der Waals surface area contributed by atoms with Gasteiger partial charge in [0.15, 0.2) is 0 Å². The molecule has 0 radical (unpaired) electrons. The first-order valence-corrected chi connectivity index (χ1v) is 7.41. The van der Waals surface area contributed by atoms with Gasteiger partial charge < -0.3 is 16.0 Å². The molecule has 0 unspecified atom stereocenters. The van der Waals surface area contributed by atoms with Crippen molar-refractivity contribution < 1.29 is 9.59 Å². The Kier molecular flexibility index (Phi) is 6.81. The Morgan fingerprint density at radius 2 is 2.10 bits per heavy atom. The number of nitrogens with one attached hydrogen (secondary N) is 3. The van der Waals surface area contributed by atoms with Crippen molar-refractivity contribution >= 4 is 45.2 Å². The lowest BCUT2D eigenvalue weighted by molar-refractivity contribution is -0.122. The van der Waals surface area contributed by atoms with E-state index in [0.717, 1.165) is 10.9 Å². The van der Waals surface area contributed by atoms with Crippen molar-refractivity contribution in [3.05, 3.63) is 27.7 Å². The summed E-state index contributed by atoms with van der Waals surface area (Å²) in [6, 6.07) is 4.02. The number of carbonyl (C=O) groups excluding carboxylic acids is 2. The Hall–Kier alpha value is -1.27. The fourth-order valence-electron chi connectivity index (χ4n) is 1.41. The summed E-state index contributed by atoms with van der Waals surface area (Å²) in [5.41, 5.74) is 0.480. The number of urea groups is 1. The third-order valence-electron chi connectivity index (χ3n) is 2.47.